The van der Waals surface area contributed by atoms with Crippen LogP contribution in [0.25, 0.3) is 0 Å². The molecule has 1 rings (SSSR count). The quantitative estimate of drug-likeness (QED) is 0.444. The van der Waals surface area contributed by atoms with Crippen molar-refractivity contribution in [2.24, 2.45) is 4.99 Å². The summed E-state index contributed by atoms with van der Waals surface area (Å²) in [7, 11) is 1.24. The Morgan fingerprint density at radius 1 is 1.50 bits per heavy atom. The van der Waals surface area contributed by atoms with E-state index in [1.54, 1.807) is 0 Å². The Bertz CT molecular complexity index is 410. The summed E-state index contributed by atoms with van der Waals surface area (Å²) in [6.45, 7) is 0. The van der Waals surface area contributed by atoms with Crippen molar-refractivity contribution in [2.75, 3.05) is 7.11 Å². The molecule has 0 bridgehead atoms. The van der Waals surface area contributed by atoms with E-state index in [4.69, 9.17) is 0 Å². The van der Waals surface area contributed by atoms with Gasteiger partial charge in [-0.1, -0.05) is 12.1 Å². The zero-order chi connectivity index (χ0) is 12.0. The van der Waals surface area contributed by atoms with Crippen LogP contribution in [-0.4, -0.2) is 19.2 Å². The van der Waals surface area contributed by atoms with Gasteiger partial charge in [0.05, 0.1) is 19.6 Å². The minimum absolute atomic E-state index is 0.0721. The van der Waals surface area contributed by atoms with E-state index in [1.165, 1.54) is 37.5 Å². The number of hydrogen-bond acceptors (Lipinski definition) is 4. The van der Waals surface area contributed by atoms with Crippen LogP contribution >= 0.6 is 0 Å². The Balaban J connectivity index is 2.89. The zero-order valence-corrected chi connectivity index (χ0v) is 8.64. The first-order valence-corrected chi connectivity index (χ1v) is 4.56. The van der Waals surface area contributed by atoms with Crippen LogP contribution in [0.5, 0.6) is 0 Å². The number of methoxy groups -OCH3 is 1. The van der Waals surface area contributed by atoms with E-state index in [9.17, 15) is 14.0 Å². The number of hydrogen-bond donors (Lipinski definition) is 0. The van der Waals surface area contributed by atoms with Crippen molar-refractivity contribution in [3.05, 3.63) is 35.6 Å². The standard InChI is InChI=1S/C11H10FNO3/c1-16-11(15)6-10(13-7-14)8-2-4-9(12)5-3-8/h2-5,10H,6H2,1H3. The Kier molecular flexibility index (Phi) is 4.36. The number of ether oxygens (including phenoxy) is 1. The molecule has 16 heavy (non-hydrogen) atoms. The van der Waals surface area contributed by atoms with Crippen LogP contribution in [0.3, 0.4) is 0 Å². The third-order valence-corrected chi connectivity index (χ3v) is 2.05. The van der Waals surface area contributed by atoms with Gasteiger partial charge in [-0.25, -0.2) is 9.18 Å². The van der Waals surface area contributed by atoms with Gasteiger partial charge < -0.3 is 4.74 Å². The van der Waals surface area contributed by atoms with Crippen molar-refractivity contribution in [3.63, 3.8) is 0 Å². The Hall–Kier alpha value is -2.00. The SMILES string of the molecule is COC(=O)CC(N=C=O)c1ccc(F)cc1. The number of nitrogens with zero attached hydrogens (tertiary/aromatic N) is 1. The van der Waals surface area contributed by atoms with E-state index in [-0.39, 0.29) is 6.42 Å². The minimum Gasteiger partial charge on any atom is -0.469 e. The smallest absolute Gasteiger partial charge is 0.308 e. The van der Waals surface area contributed by atoms with Crippen LogP contribution in [0.15, 0.2) is 29.3 Å². The molecule has 0 saturated heterocycles. The molecule has 0 aliphatic rings. The van der Waals surface area contributed by atoms with Crippen molar-refractivity contribution >= 4 is 12.0 Å². The molecule has 0 N–H and O–H groups in total. The van der Waals surface area contributed by atoms with Crippen LogP contribution in [0.1, 0.15) is 18.0 Å². The van der Waals surface area contributed by atoms with E-state index >= 15 is 0 Å². The number of carbonyl (C=O) groups is 1. The van der Waals surface area contributed by atoms with Crippen molar-refractivity contribution in [1.29, 1.82) is 0 Å². The van der Waals surface area contributed by atoms with Gasteiger partial charge >= 0.3 is 5.97 Å². The van der Waals surface area contributed by atoms with Crippen LogP contribution in [0.4, 0.5) is 4.39 Å². The molecule has 0 fully saturated rings. The van der Waals surface area contributed by atoms with Gasteiger partial charge in [0.15, 0.2) is 0 Å². The molecule has 84 valence electrons. The molecule has 1 aromatic rings. The van der Waals surface area contributed by atoms with E-state index in [1.807, 2.05) is 0 Å². The monoisotopic (exact) mass is 223 g/mol. The fourth-order valence-electron chi connectivity index (χ4n) is 1.23. The number of benzene rings is 1. The van der Waals surface area contributed by atoms with Crippen molar-refractivity contribution in [1.82, 2.24) is 0 Å². The molecule has 0 aromatic heterocycles. The largest absolute Gasteiger partial charge is 0.469 e. The predicted octanol–water partition coefficient (Wildman–Crippen LogP) is 1.77. The maximum Gasteiger partial charge on any atom is 0.308 e. The molecule has 0 saturated carbocycles. The number of isocyanates is 1. The molecule has 1 atom stereocenters. The highest BCUT2D eigenvalue weighted by molar-refractivity contribution is 5.70. The van der Waals surface area contributed by atoms with Gasteiger partial charge in [0.25, 0.3) is 0 Å². The fourth-order valence-corrected chi connectivity index (χ4v) is 1.23. The molecule has 0 radical (unpaired) electrons. The molecule has 4 nitrogen and oxygen atoms in total. The third-order valence-electron chi connectivity index (χ3n) is 2.05. The van der Waals surface area contributed by atoms with E-state index < -0.39 is 17.8 Å². The lowest BCUT2D eigenvalue weighted by Gasteiger charge is -2.09. The molecule has 0 amide bonds. The summed E-state index contributed by atoms with van der Waals surface area (Å²) >= 11 is 0. The van der Waals surface area contributed by atoms with Gasteiger partial charge in [-0.2, -0.15) is 4.99 Å². The highest BCUT2D eigenvalue weighted by Gasteiger charge is 2.15. The van der Waals surface area contributed by atoms with Crippen molar-refractivity contribution in [2.45, 2.75) is 12.5 Å². The number of halogens is 1. The van der Waals surface area contributed by atoms with E-state index in [0.29, 0.717) is 5.56 Å². The summed E-state index contributed by atoms with van der Waals surface area (Å²) in [5.41, 5.74) is 0.565. The van der Waals surface area contributed by atoms with E-state index in [2.05, 4.69) is 9.73 Å². The number of esters is 1. The Morgan fingerprint density at radius 2 is 2.12 bits per heavy atom. The summed E-state index contributed by atoms with van der Waals surface area (Å²) in [5.74, 6) is -0.885. The first-order valence-electron chi connectivity index (χ1n) is 4.56. The number of carbonyl (C=O) groups excluding carboxylic acids is 2. The molecule has 0 spiro atoms. The van der Waals surface area contributed by atoms with Crippen molar-refractivity contribution in [3.8, 4) is 0 Å². The number of aliphatic imine (C=N–C) groups is 1. The third kappa shape index (κ3) is 3.29. The van der Waals surface area contributed by atoms with Crippen LogP contribution in [0.2, 0.25) is 0 Å². The van der Waals surface area contributed by atoms with Crippen molar-refractivity contribution < 1.29 is 18.7 Å². The van der Waals surface area contributed by atoms with Gasteiger partial charge in [-0.05, 0) is 17.7 Å². The van der Waals surface area contributed by atoms with Gasteiger partial charge in [0, 0.05) is 0 Å². The van der Waals surface area contributed by atoms with Crippen LogP contribution in [-0.2, 0) is 14.3 Å². The van der Waals surface area contributed by atoms with Crippen LogP contribution in [0, 0.1) is 5.82 Å². The molecule has 1 aromatic carbocycles. The van der Waals surface area contributed by atoms with E-state index in [0.717, 1.165) is 0 Å². The first-order chi connectivity index (χ1) is 7.67. The summed E-state index contributed by atoms with van der Waals surface area (Å²) in [5, 5.41) is 0. The first kappa shape index (κ1) is 12.1. The fraction of sp³-hybridized carbons (Fsp3) is 0.273. The second kappa shape index (κ2) is 5.78. The summed E-state index contributed by atoms with van der Waals surface area (Å²) in [6, 6.07) is 4.72. The molecular formula is C11H10FNO3. The lowest BCUT2D eigenvalue weighted by Crippen LogP contribution is -2.07. The Labute approximate surface area is 91.8 Å². The minimum atomic E-state index is -0.675. The predicted molar refractivity (Wildman–Crippen MR) is 53.9 cm³/mol. The lowest BCUT2D eigenvalue weighted by atomic mass is 10.0. The molecule has 1 unspecified atom stereocenters. The Morgan fingerprint density at radius 3 is 2.62 bits per heavy atom. The van der Waals surface area contributed by atoms with Gasteiger partial charge in [-0.3, -0.25) is 4.79 Å². The summed E-state index contributed by atoms with van der Waals surface area (Å²) in [6.07, 6.45) is 1.31. The van der Waals surface area contributed by atoms with Gasteiger partial charge in [-0.15, -0.1) is 0 Å². The topological polar surface area (TPSA) is 55.7 Å². The molecule has 0 heterocycles. The molecule has 0 aliphatic heterocycles. The average molecular weight is 223 g/mol. The summed E-state index contributed by atoms with van der Waals surface area (Å²) in [4.78, 5) is 24.7. The van der Waals surface area contributed by atoms with Gasteiger partial charge in [0.2, 0.25) is 6.08 Å². The van der Waals surface area contributed by atoms with Crippen LogP contribution < -0.4 is 0 Å². The molecule has 0 aliphatic carbocycles. The lowest BCUT2D eigenvalue weighted by molar-refractivity contribution is -0.141. The molecular weight excluding hydrogens is 213 g/mol. The second-order valence-electron chi connectivity index (χ2n) is 3.07. The average Bonchev–Trinajstić information content (AvgIpc) is 2.29. The second-order valence-corrected chi connectivity index (χ2v) is 3.07. The molecule has 5 heteroatoms. The summed E-state index contributed by atoms with van der Waals surface area (Å²) < 4.78 is 17.1. The zero-order valence-electron chi connectivity index (χ0n) is 8.64. The number of rotatable bonds is 4. The maximum absolute atomic E-state index is 12.7. The highest BCUT2D eigenvalue weighted by atomic mass is 19.1. The van der Waals surface area contributed by atoms with Gasteiger partial charge in [0.1, 0.15) is 5.82 Å². The maximum atomic E-state index is 12.7. The highest BCUT2D eigenvalue weighted by Crippen LogP contribution is 2.21. The normalized spacial score (nSPS) is 11.4.